The van der Waals surface area contributed by atoms with Gasteiger partial charge in [0.1, 0.15) is 11.3 Å². The highest BCUT2D eigenvalue weighted by Crippen LogP contribution is 2.28. The average molecular weight is 352 g/mol. The normalized spacial score (nSPS) is 11.1. The van der Waals surface area contributed by atoms with E-state index >= 15 is 0 Å². The Morgan fingerprint density at radius 3 is 2.73 bits per heavy atom. The Hall–Kier alpha value is -2.46. The predicted molar refractivity (Wildman–Crippen MR) is 90.9 cm³/mol. The molecule has 0 bridgehead atoms. The Morgan fingerprint density at radius 2 is 1.82 bits per heavy atom. The van der Waals surface area contributed by atoms with Crippen molar-refractivity contribution in [1.82, 2.24) is 4.98 Å². The molecule has 0 aliphatic rings. The molecule has 0 aliphatic heterocycles. The molecule has 0 amide bonds. The van der Waals surface area contributed by atoms with Gasteiger partial charge in [-0.15, -0.1) is 0 Å². The van der Waals surface area contributed by atoms with Crippen LogP contribution in [0.4, 0.5) is 0 Å². The SMILES string of the molecule is O=c1cc(-c2cc3c(Br)cccc3cn2)oc2ccccc12. The minimum absolute atomic E-state index is 0.0640. The van der Waals surface area contributed by atoms with Gasteiger partial charge in [0.05, 0.1) is 5.39 Å². The molecule has 0 unspecified atom stereocenters. The number of nitrogens with zero attached hydrogens (tertiary/aromatic N) is 1. The van der Waals surface area contributed by atoms with E-state index in [0.29, 0.717) is 22.4 Å². The Kier molecular flexibility index (Phi) is 3.05. The van der Waals surface area contributed by atoms with E-state index < -0.39 is 0 Å². The van der Waals surface area contributed by atoms with Crippen LogP contribution < -0.4 is 5.43 Å². The zero-order valence-corrected chi connectivity index (χ0v) is 13.0. The molecule has 0 saturated heterocycles. The smallest absolute Gasteiger partial charge is 0.193 e. The monoisotopic (exact) mass is 351 g/mol. The van der Waals surface area contributed by atoms with Crippen LogP contribution in [0, 0.1) is 0 Å². The minimum atomic E-state index is -0.0640. The van der Waals surface area contributed by atoms with Gasteiger partial charge in [-0.1, -0.05) is 40.2 Å². The molecule has 22 heavy (non-hydrogen) atoms. The number of para-hydroxylation sites is 1. The zero-order valence-electron chi connectivity index (χ0n) is 11.4. The molecule has 0 N–H and O–H groups in total. The highest BCUT2D eigenvalue weighted by molar-refractivity contribution is 9.10. The topological polar surface area (TPSA) is 43.1 Å². The van der Waals surface area contributed by atoms with Crippen LogP contribution in [0.2, 0.25) is 0 Å². The number of halogens is 1. The summed E-state index contributed by atoms with van der Waals surface area (Å²) in [6, 6.07) is 16.6. The molecule has 0 atom stereocenters. The van der Waals surface area contributed by atoms with Crippen molar-refractivity contribution in [3.63, 3.8) is 0 Å². The van der Waals surface area contributed by atoms with Crippen molar-refractivity contribution in [2.75, 3.05) is 0 Å². The molecule has 0 aliphatic carbocycles. The van der Waals surface area contributed by atoms with E-state index in [-0.39, 0.29) is 5.43 Å². The summed E-state index contributed by atoms with van der Waals surface area (Å²) in [5.41, 5.74) is 1.15. The van der Waals surface area contributed by atoms with Crippen molar-refractivity contribution in [3.05, 3.63) is 75.5 Å². The lowest BCUT2D eigenvalue weighted by atomic mass is 10.1. The predicted octanol–water partition coefficient (Wildman–Crippen LogP) is 4.77. The van der Waals surface area contributed by atoms with E-state index in [2.05, 4.69) is 20.9 Å². The summed E-state index contributed by atoms with van der Waals surface area (Å²) in [5, 5.41) is 2.64. The van der Waals surface area contributed by atoms with E-state index in [1.165, 1.54) is 6.07 Å². The Labute approximate surface area is 134 Å². The maximum Gasteiger partial charge on any atom is 0.193 e. The molecule has 4 rings (SSSR count). The van der Waals surface area contributed by atoms with Crippen molar-refractivity contribution in [3.8, 4) is 11.5 Å². The fourth-order valence-electron chi connectivity index (χ4n) is 2.50. The van der Waals surface area contributed by atoms with Crippen LogP contribution >= 0.6 is 15.9 Å². The number of hydrogen-bond donors (Lipinski definition) is 0. The van der Waals surface area contributed by atoms with Gasteiger partial charge in [-0.2, -0.15) is 0 Å². The van der Waals surface area contributed by atoms with Gasteiger partial charge in [-0.3, -0.25) is 9.78 Å². The van der Waals surface area contributed by atoms with Crippen molar-refractivity contribution in [2.45, 2.75) is 0 Å². The van der Waals surface area contributed by atoms with Gasteiger partial charge in [-0.05, 0) is 29.7 Å². The second-order valence-corrected chi connectivity index (χ2v) is 5.86. The third-order valence-electron chi connectivity index (χ3n) is 3.60. The lowest BCUT2D eigenvalue weighted by molar-refractivity contribution is 0.616. The third kappa shape index (κ3) is 2.12. The van der Waals surface area contributed by atoms with Crippen LogP contribution in [0.5, 0.6) is 0 Å². The Balaban J connectivity index is 1.99. The molecular weight excluding hydrogens is 342 g/mol. The van der Waals surface area contributed by atoms with E-state index in [4.69, 9.17) is 4.42 Å². The van der Waals surface area contributed by atoms with Crippen molar-refractivity contribution < 1.29 is 4.42 Å². The molecule has 2 heterocycles. The summed E-state index contributed by atoms with van der Waals surface area (Å²) in [5.74, 6) is 0.473. The lowest BCUT2D eigenvalue weighted by Crippen LogP contribution is -2.00. The Bertz CT molecular complexity index is 1070. The first-order valence-corrected chi connectivity index (χ1v) is 7.59. The molecule has 2 aromatic heterocycles. The van der Waals surface area contributed by atoms with Crippen LogP contribution in [0.1, 0.15) is 0 Å². The molecule has 0 spiro atoms. The molecule has 4 aromatic rings. The van der Waals surface area contributed by atoms with Gasteiger partial charge in [0.25, 0.3) is 0 Å². The molecule has 3 nitrogen and oxygen atoms in total. The van der Waals surface area contributed by atoms with Crippen LogP contribution in [-0.4, -0.2) is 4.98 Å². The number of fused-ring (bicyclic) bond motifs is 2. The summed E-state index contributed by atoms with van der Waals surface area (Å²) in [7, 11) is 0. The summed E-state index contributed by atoms with van der Waals surface area (Å²) >= 11 is 3.54. The molecule has 0 fully saturated rings. The second-order valence-electron chi connectivity index (χ2n) is 5.00. The number of rotatable bonds is 1. The van der Waals surface area contributed by atoms with E-state index in [9.17, 15) is 4.79 Å². The average Bonchev–Trinajstić information content (AvgIpc) is 2.55. The van der Waals surface area contributed by atoms with Crippen molar-refractivity contribution in [2.24, 2.45) is 0 Å². The lowest BCUT2D eigenvalue weighted by Gasteiger charge is -2.05. The maximum absolute atomic E-state index is 12.2. The largest absolute Gasteiger partial charge is 0.454 e. The molecule has 2 aromatic carbocycles. The molecule has 4 heteroatoms. The first kappa shape index (κ1) is 13.2. The summed E-state index contributed by atoms with van der Waals surface area (Å²) < 4.78 is 6.82. The zero-order chi connectivity index (χ0) is 15.1. The van der Waals surface area contributed by atoms with Crippen LogP contribution in [0.25, 0.3) is 33.2 Å². The van der Waals surface area contributed by atoms with Crippen molar-refractivity contribution >= 4 is 37.7 Å². The van der Waals surface area contributed by atoms with Gasteiger partial charge in [0, 0.05) is 22.1 Å². The van der Waals surface area contributed by atoms with Gasteiger partial charge >= 0.3 is 0 Å². The third-order valence-corrected chi connectivity index (χ3v) is 4.29. The van der Waals surface area contributed by atoms with Crippen LogP contribution in [0.15, 0.2) is 74.5 Å². The minimum Gasteiger partial charge on any atom is -0.454 e. The quantitative estimate of drug-likeness (QED) is 0.496. The summed E-state index contributed by atoms with van der Waals surface area (Å²) in [6.45, 7) is 0. The fraction of sp³-hybridized carbons (Fsp3) is 0. The standard InChI is InChI=1S/C18H10BrNO2/c19-14-6-3-4-11-10-20-15(8-13(11)14)18-9-16(21)12-5-1-2-7-17(12)22-18/h1-10H. The summed E-state index contributed by atoms with van der Waals surface area (Å²) in [4.78, 5) is 16.6. The molecule has 106 valence electrons. The number of pyridine rings is 1. The van der Waals surface area contributed by atoms with Crippen molar-refractivity contribution in [1.29, 1.82) is 0 Å². The van der Waals surface area contributed by atoms with E-state index in [0.717, 1.165) is 15.2 Å². The fourth-order valence-corrected chi connectivity index (χ4v) is 2.99. The van der Waals surface area contributed by atoms with Crippen LogP contribution in [0.3, 0.4) is 0 Å². The molecule has 0 saturated carbocycles. The Morgan fingerprint density at radius 1 is 0.955 bits per heavy atom. The number of hydrogen-bond acceptors (Lipinski definition) is 3. The second kappa shape index (κ2) is 5.07. The first-order chi connectivity index (χ1) is 10.7. The molecular formula is C18H10BrNO2. The maximum atomic E-state index is 12.2. The first-order valence-electron chi connectivity index (χ1n) is 6.80. The highest BCUT2D eigenvalue weighted by atomic mass is 79.9. The van der Waals surface area contributed by atoms with Crippen LogP contribution in [-0.2, 0) is 0 Å². The van der Waals surface area contributed by atoms with E-state index in [1.807, 2.05) is 36.4 Å². The molecule has 0 radical (unpaired) electrons. The highest BCUT2D eigenvalue weighted by Gasteiger charge is 2.09. The van der Waals surface area contributed by atoms with Gasteiger partial charge in [-0.25, -0.2) is 0 Å². The van der Waals surface area contributed by atoms with Gasteiger partial charge < -0.3 is 4.42 Å². The summed E-state index contributed by atoms with van der Waals surface area (Å²) in [6.07, 6.45) is 1.78. The number of benzene rings is 2. The van der Waals surface area contributed by atoms with E-state index in [1.54, 1.807) is 18.3 Å². The number of aromatic nitrogens is 1. The van der Waals surface area contributed by atoms with Gasteiger partial charge in [0.15, 0.2) is 11.2 Å². The van der Waals surface area contributed by atoms with Gasteiger partial charge in [0.2, 0.25) is 0 Å².